The smallest absolute Gasteiger partial charge is 0.239 e. The van der Waals surface area contributed by atoms with Crippen molar-refractivity contribution in [1.29, 1.82) is 0 Å². The summed E-state index contributed by atoms with van der Waals surface area (Å²) in [5.74, 6) is 4.49. The van der Waals surface area contributed by atoms with Crippen molar-refractivity contribution in [2.75, 3.05) is 20.1 Å². The Morgan fingerprint density at radius 1 is 1.15 bits per heavy atom. The van der Waals surface area contributed by atoms with Crippen LogP contribution in [0, 0.1) is 29.6 Å². The van der Waals surface area contributed by atoms with E-state index in [1.165, 1.54) is 44.9 Å². The molecule has 0 aromatic carbocycles. The Balaban J connectivity index is 1.36. The summed E-state index contributed by atoms with van der Waals surface area (Å²) in [6.45, 7) is 2.08. The molecule has 2 bridgehead atoms. The van der Waals surface area contributed by atoms with Crippen molar-refractivity contribution in [2.45, 2.75) is 51.0 Å². The first-order chi connectivity index (χ1) is 9.72. The van der Waals surface area contributed by atoms with Crippen LogP contribution in [0.1, 0.15) is 44.9 Å². The number of likely N-dealkylation sites (N-methyl/N-ethyl adjacent to an activating group) is 1. The number of rotatable bonds is 3. The Labute approximate surface area is 122 Å². The molecule has 1 aliphatic heterocycles. The van der Waals surface area contributed by atoms with Gasteiger partial charge in [0.25, 0.3) is 0 Å². The molecule has 1 saturated heterocycles. The molecular weight excluding hydrogens is 248 g/mol. The van der Waals surface area contributed by atoms with Gasteiger partial charge in [-0.15, -0.1) is 0 Å². The lowest BCUT2D eigenvalue weighted by Gasteiger charge is -2.30. The Hall–Kier alpha value is -0.570. The van der Waals surface area contributed by atoms with Crippen LogP contribution in [0.4, 0.5) is 0 Å². The summed E-state index contributed by atoms with van der Waals surface area (Å²) in [4.78, 5) is 14.8. The molecule has 1 N–H and O–H groups in total. The summed E-state index contributed by atoms with van der Waals surface area (Å²) in [6, 6.07) is 0.131. The van der Waals surface area contributed by atoms with E-state index in [2.05, 4.69) is 10.2 Å². The van der Waals surface area contributed by atoms with Crippen LogP contribution in [-0.4, -0.2) is 37.0 Å². The lowest BCUT2D eigenvalue weighted by atomic mass is 9.88. The largest absolute Gasteiger partial charge is 0.344 e. The van der Waals surface area contributed by atoms with Crippen molar-refractivity contribution >= 4 is 5.91 Å². The van der Waals surface area contributed by atoms with Gasteiger partial charge in [0.05, 0.1) is 6.04 Å². The summed E-state index contributed by atoms with van der Waals surface area (Å²) in [5.41, 5.74) is 0. The van der Waals surface area contributed by atoms with Crippen molar-refractivity contribution in [3.63, 3.8) is 0 Å². The second-order valence-corrected chi connectivity index (χ2v) is 7.89. The highest BCUT2D eigenvalue weighted by Gasteiger charge is 2.45. The Kier molecular flexibility index (Phi) is 3.29. The van der Waals surface area contributed by atoms with Gasteiger partial charge in [0, 0.05) is 13.6 Å². The van der Waals surface area contributed by atoms with E-state index in [1.807, 2.05) is 7.05 Å². The minimum Gasteiger partial charge on any atom is -0.344 e. The summed E-state index contributed by atoms with van der Waals surface area (Å²) in [5, 5.41) is 3.51. The van der Waals surface area contributed by atoms with Gasteiger partial charge in [-0.1, -0.05) is 12.8 Å². The molecule has 20 heavy (non-hydrogen) atoms. The van der Waals surface area contributed by atoms with E-state index in [0.717, 1.165) is 36.8 Å². The van der Waals surface area contributed by atoms with Crippen molar-refractivity contribution in [3.8, 4) is 0 Å². The normalized spacial score (nSPS) is 45.9. The third-order valence-corrected chi connectivity index (χ3v) is 6.78. The third kappa shape index (κ3) is 2.09. The van der Waals surface area contributed by atoms with Gasteiger partial charge in [0.1, 0.15) is 0 Å². The molecule has 0 radical (unpaired) electrons. The maximum Gasteiger partial charge on any atom is 0.239 e. The monoisotopic (exact) mass is 276 g/mol. The highest BCUT2D eigenvalue weighted by molar-refractivity contribution is 5.82. The summed E-state index contributed by atoms with van der Waals surface area (Å²) < 4.78 is 0. The third-order valence-electron chi connectivity index (χ3n) is 6.78. The topological polar surface area (TPSA) is 32.3 Å². The van der Waals surface area contributed by atoms with Crippen LogP contribution < -0.4 is 5.32 Å². The van der Waals surface area contributed by atoms with Gasteiger partial charge in [-0.3, -0.25) is 4.79 Å². The molecule has 4 aliphatic rings. The van der Waals surface area contributed by atoms with E-state index in [1.54, 1.807) is 0 Å². The molecule has 4 rings (SSSR count). The predicted molar refractivity (Wildman–Crippen MR) is 79.2 cm³/mol. The Bertz CT molecular complexity index is 396. The molecule has 3 saturated carbocycles. The highest BCUT2D eigenvalue weighted by Crippen LogP contribution is 2.48. The first-order valence-electron chi connectivity index (χ1n) is 8.70. The fraction of sp³-hybridized carbons (Fsp3) is 0.941. The van der Waals surface area contributed by atoms with Gasteiger partial charge in [-0.2, -0.15) is 0 Å². The molecule has 1 heterocycles. The summed E-state index contributed by atoms with van der Waals surface area (Å²) >= 11 is 0. The van der Waals surface area contributed by atoms with Crippen molar-refractivity contribution in [1.82, 2.24) is 10.2 Å². The fourth-order valence-corrected chi connectivity index (χ4v) is 5.74. The van der Waals surface area contributed by atoms with Crippen molar-refractivity contribution in [3.05, 3.63) is 0 Å². The molecule has 3 nitrogen and oxygen atoms in total. The zero-order valence-electron chi connectivity index (χ0n) is 12.7. The Morgan fingerprint density at radius 3 is 2.80 bits per heavy atom. The van der Waals surface area contributed by atoms with E-state index in [4.69, 9.17) is 0 Å². The predicted octanol–water partition coefficient (Wildman–Crippen LogP) is 2.27. The molecule has 0 aromatic heterocycles. The molecule has 0 aromatic rings. The molecule has 0 spiro atoms. The minimum absolute atomic E-state index is 0.131. The number of amides is 1. The van der Waals surface area contributed by atoms with Crippen LogP contribution in [0.5, 0.6) is 0 Å². The zero-order chi connectivity index (χ0) is 13.7. The number of hydrogen-bond acceptors (Lipinski definition) is 2. The maximum absolute atomic E-state index is 12.7. The van der Waals surface area contributed by atoms with E-state index in [-0.39, 0.29) is 6.04 Å². The number of hydrogen-bond donors (Lipinski definition) is 1. The molecule has 3 aliphatic carbocycles. The van der Waals surface area contributed by atoms with E-state index < -0.39 is 0 Å². The van der Waals surface area contributed by atoms with Crippen LogP contribution in [0.25, 0.3) is 0 Å². The van der Waals surface area contributed by atoms with E-state index in [0.29, 0.717) is 11.8 Å². The lowest BCUT2D eigenvalue weighted by molar-refractivity contribution is -0.133. The standard InChI is InChI=1S/C17H28N2O/c1-19(10-14-8-11-5-6-12(14)7-11)17(20)16-15-4-2-3-13(15)9-18-16/h11-16,18H,2-10H2,1H3. The molecular formula is C17H28N2O. The molecule has 6 atom stereocenters. The summed E-state index contributed by atoms with van der Waals surface area (Å²) in [7, 11) is 2.04. The van der Waals surface area contributed by atoms with Gasteiger partial charge in [-0.05, 0) is 68.2 Å². The number of fused-ring (bicyclic) bond motifs is 3. The molecule has 4 fully saturated rings. The quantitative estimate of drug-likeness (QED) is 0.857. The van der Waals surface area contributed by atoms with Crippen LogP contribution >= 0.6 is 0 Å². The molecule has 3 heteroatoms. The van der Waals surface area contributed by atoms with Gasteiger partial charge in [0.15, 0.2) is 0 Å². The summed E-state index contributed by atoms with van der Waals surface area (Å²) in [6.07, 6.45) is 9.62. The lowest BCUT2D eigenvalue weighted by Crippen LogP contribution is -2.46. The van der Waals surface area contributed by atoms with E-state index >= 15 is 0 Å². The Morgan fingerprint density at radius 2 is 2.05 bits per heavy atom. The number of nitrogens with zero attached hydrogens (tertiary/aromatic N) is 1. The minimum atomic E-state index is 0.131. The zero-order valence-corrected chi connectivity index (χ0v) is 12.7. The number of carbonyl (C=O) groups excluding carboxylic acids is 1. The first-order valence-corrected chi connectivity index (χ1v) is 8.70. The second kappa shape index (κ2) is 5.01. The molecule has 6 unspecified atom stereocenters. The van der Waals surface area contributed by atoms with Gasteiger partial charge in [0.2, 0.25) is 5.91 Å². The van der Waals surface area contributed by atoms with Crippen molar-refractivity contribution in [2.24, 2.45) is 29.6 Å². The first kappa shape index (κ1) is 13.1. The fourth-order valence-electron chi connectivity index (χ4n) is 5.74. The van der Waals surface area contributed by atoms with Crippen LogP contribution in [0.15, 0.2) is 0 Å². The number of nitrogens with one attached hydrogen (secondary N) is 1. The van der Waals surface area contributed by atoms with Crippen molar-refractivity contribution < 1.29 is 4.79 Å². The van der Waals surface area contributed by atoms with Gasteiger partial charge in [-0.25, -0.2) is 0 Å². The average molecular weight is 276 g/mol. The number of carbonyl (C=O) groups is 1. The molecule has 1 amide bonds. The van der Waals surface area contributed by atoms with Gasteiger partial charge >= 0.3 is 0 Å². The molecule has 112 valence electrons. The SMILES string of the molecule is CN(CC1CC2CCC1C2)C(=O)C1NCC2CCCC21. The van der Waals surface area contributed by atoms with Crippen LogP contribution in [0.2, 0.25) is 0 Å². The van der Waals surface area contributed by atoms with Crippen LogP contribution in [-0.2, 0) is 4.79 Å². The second-order valence-electron chi connectivity index (χ2n) is 7.89. The van der Waals surface area contributed by atoms with E-state index in [9.17, 15) is 4.79 Å². The average Bonchev–Trinajstić information content (AvgIpc) is 3.17. The van der Waals surface area contributed by atoms with Crippen LogP contribution in [0.3, 0.4) is 0 Å². The van der Waals surface area contributed by atoms with Gasteiger partial charge < -0.3 is 10.2 Å². The highest BCUT2D eigenvalue weighted by atomic mass is 16.2. The maximum atomic E-state index is 12.7.